The van der Waals surface area contributed by atoms with E-state index < -0.39 is 15.1 Å². The lowest BCUT2D eigenvalue weighted by atomic mass is 10.1. The number of hydrogen-bond donors (Lipinski definition) is 1. The van der Waals surface area contributed by atoms with Crippen LogP contribution in [0.4, 0.5) is 11.6 Å². The van der Waals surface area contributed by atoms with Gasteiger partial charge in [-0.3, -0.25) is 0 Å². The Hall–Kier alpha value is -2.23. The van der Waals surface area contributed by atoms with Crippen LogP contribution in [-0.4, -0.2) is 63.2 Å². The molecule has 0 bridgehead atoms. The molecule has 8 nitrogen and oxygen atoms in total. The fraction of sp³-hybridized carbons (Fsp3) is 0.444. The highest BCUT2D eigenvalue weighted by Gasteiger charge is 2.32. The van der Waals surface area contributed by atoms with Crippen molar-refractivity contribution in [2.24, 2.45) is 0 Å². The number of ether oxygens (including phenoxy) is 2. The molecule has 4 rings (SSSR count). The molecule has 9 heteroatoms. The summed E-state index contributed by atoms with van der Waals surface area (Å²) in [6, 6.07) is 5.40. The number of anilines is 2. The Morgan fingerprint density at radius 1 is 1.00 bits per heavy atom. The summed E-state index contributed by atoms with van der Waals surface area (Å²) in [4.78, 5) is 10.5. The first-order valence-corrected chi connectivity index (χ1v) is 10.5. The van der Waals surface area contributed by atoms with Crippen molar-refractivity contribution in [3.05, 3.63) is 30.6 Å². The minimum absolute atomic E-state index is 0.180. The van der Waals surface area contributed by atoms with E-state index >= 15 is 0 Å². The van der Waals surface area contributed by atoms with Gasteiger partial charge in [-0.1, -0.05) is 0 Å². The van der Waals surface area contributed by atoms with E-state index in [-0.39, 0.29) is 12.6 Å². The van der Waals surface area contributed by atoms with E-state index in [0.29, 0.717) is 44.2 Å². The van der Waals surface area contributed by atoms with Gasteiger partial charge in [-0.25, -0.2) is 18.4 Å². The molecule has 1 aromatic carbocycles. The second kappa shape index (κ2) is 7.41. The topological polar surface area (TPSA) is 108 Å². The zero-order valence-electron chi connectivity index (χ0n) is 14.9. The van der Waals surface area contributed by atoms with Crippen LogP contribution in [0.2, 0.25) is 0 Å². The Morgan fingerprint density at radius 2 is 1.74 bits per heavy atom. The molecule has 144 valence electrons. The highest BCUT2D eigenvalue weighted by Crippen LogP contribution is 2.32. The maximum absolute atomic E-state index is 13.1. The Morgan fingerprint density at radius 3 is 2.41 bits per heavy atom. The predicted octanol–water partition coefficient (Wildman–Crippen LogP) is 1.12. The van der Waals surface area contributed by atoms with Crippen LogP contribution in [0.5, 0.6) is 0 Å². The van der Waals surface area contributed by atoms with Crippen LogP contribution in [0.3, 0.4) is 0 Å². The van der Waals surface area contributed by atoms with Crippen LogP contribution in [0.15, 0.2) is 35.5 Å². The van der Waals surface area contributed by atoms with Crippen molar-refractivity contribution in [2.45, 2.75) is 16.6 Å². The molecule has 2 aliphatic rings. The number of nitrogens with zero attached hydrogens (tertiary/aromatic N) is 3. The van der Waals surface area contributed by atoms with Crippen LogP contribution >= 0.6 is 0 Å². The van der Waals surface area contributed by atoms with E-state index in [1.165, 1.54) is 0 Å². The molecule has 2 N–H and O–H groups in total. The number of benzene rings is 1. The molecule has 2 saturated heterocycles. The average Bonchev–Trinajstić information content (AvgIpc) is 3.25. The van der Waals surface area contributed by atoms with Gasteiger partial charge in [0.1, 0.15) is 0 Å². The van der Waals surface area contributed by atoms with Crippen LogP contribution in [0, 0.1) is 0 Å². The Balaban J connectivity index is 1.79. The third-order valence-corrected chi connectivity index (χ3v) is 7.07. The molecule has 2 aromatic rings. The van der Waals surface area contributed by atoms with Crippen molar-refractivity contribution in [2.75, 3.05) is 50.2 Å². The van der Waals surface area contributed by atoms with Gasteiger partial charge in [0.25, 0.3) is 0 Å². The summed E-state index contributed by atoms with van der Waals surface area (Å²) in [5.41, 5.74) is 7.90. The molecule has 1 aromatic heterocycles. The normalized spacial score (nSPS) is 20.7. The first-order valence-electron chi connectivity index (χ1n) is 8.91. The molecule has 0 radical (unpaired) electrons. The van der Waals surface area contributed by atoms with Crippen LogP contribution in [-0.2, 0) is 19.3 Å². The van der Waals surface area contributed by atoms with Crippen molar-refractivity contribution < 1.29 is 17.9 Å². The first-order chi connectivity index (χ1) is 13.0. The van der Waals surface area contributed by atoms with Crippen molar-refractivity contribution in [3.8, 4) is 11.1 Å². The number of hydrogen-bond acceptors (Lipinski definition) is 8. The molecule has 1 atom stereocenters. The predicted molar refractivity (Wildman–Crippen MR) is 101 cm³/mol. The molecule has 0 aliphatic carbocycles. The number of morpholine rings is 1. The summed E-state index contributed by atoms with van der Waals surface area (Å²) in [6.07, 6.45) is 3.73. The Bertz CT molecular complexity index is 905. The minimum atomic E-state index is -3.49. The van der Waals surface area contributed by atoms with Gasteiger partial charge < -0.3 is 20.1 Å². The van der Waals surface area contributed by atoms with Gasteiger partial charge in [-0.15, -0.1) is 0 Å². The lowest BCUT2D eigenvalue weighted by Crippen LogP contribution is -2.36. The van der Waals surface area contributed by atoms with Crippen molar-refractivity contribution in [1.82, 2.24) is 9.97 Å². The smallest absolute Gasteiger partial charge is 0.219 e. The first kappa shape index (κ1) is 18.1. The zero-order chi connectivity index (χ0) is 18.9. The van der Waals surface area contributed by atoms with Crippen molar-refractivity contribution in [3.63, 3.8) is 0 Å². The van der Waals surface area contributed by atoms with Crippen molar-refractivity contribution in [1.29, 1.82) is 0 Å². The maximum atomic E-state index is 13.1. The largest absolute Gasteiger partial charge is 0.380 e. The molecule has 1 unspecified atom stereocenters. The maximum Gasteiger partial charge on any atom is 0.219 e. The summed E-state index contributed by atoms with van der Waals surface area (Å²) >= 11 is 0. The van der Waals surface area contributed by atoms with Crippen LogP contribution in [0.25, 0.3) is 11.1 Å². The second-order valence-corrected chi connectivity index (χ2v) is 8.90. The SMILES string of the molecule is Nc1ncc(-c2cc(N3CCOCC3)cc(S(=O)(=O)C3CCOC3)c2)cn1. The molecule has 0 amide bonds. The summed E-state index contributed by atoms with van der Waals surface area (Å²) in [5.74, 6) is 0.180. The molecular formula is C18H22N4O4S. The monoisotopic (exact) mass is 390 g/mol. The Kier molecular flexibility index (Phi) is 4.98. The van der Waals surface area contributed by atoms with E-state index in [1.54, 1.807) is 24.5 Å². The van der Waals surface area contributed by atoms with Gasteiger partial charge in [0.15, 0.2) is 9.84 Å². The van der Waals surface area contributed by atoms with Gasteiger partial charge in [-0.05, 0) is 30.2 Å². The third kappa shape index (κ3) is 3.76. The fourth-order valence-electron chi connectivity index (χ4n) is 3.36. The van der Waals surface area contributed by atoms with E-state index in [2.05, 4.69) is 14.9 Å². The minimum Gasteiger partial charge on any atom is -0.380 e. The van der Waals surface area contributed by atoms with E-state index in [4.69, 9.17) is 15.2 Å². The molecule has 3 heterocycles. The lowest BCUT2D eigenvalue weighted by molar-refractivity contribution is 0.122. The molecule has 27 heavy (non-hydrogen) atoms. The number of nitrogens with two attached hydrogens (primary N) is 1. The number of nitrogen functional groups attached to an aromatic ring is 1. The van der Waals surface area contributed by atoms with Crippen LogP contribution < -0.4 is 10.6 Å². The number of aromatic nitrogens is 2. The standard InChI is InChI=1S/C18H22N4O4S/c19-18-20-10-14(11-21-18)13-7-15(22-2-5-25-6-3-22)9-17(8-13)27(23,24)16-1-4-26-12-16/h7-11,16H,1-6,12H2,(H2,19,20,21). The molecule has 2 fully saturated rings. The summed E-state index contributed by atoms with van der Waals surface area (Å²) < 4.78 is 37.0. The van der Waals surface area contributed by atoms with Gasteiger partial charge in [0.2, 0.25) is 5.95 Å². The third-order valence-electron chi connectivity index (χ3n) is 4.93. The van der Waals surface area contributed by atoms with Gasteiger partial charge >= 0.3 is 0 Å². The van der Waals surface area contributed by atoms with Gasteiger partial charge in [0, 0.05) is 43.3 Å². The molecule has 0 spiro atoms. The lowest BCUT2D eigenvalue weighted by Gasteiger charge is -2.29. The molecule has 0 saturated carbocycles. The highest BCUT2D eigenvalue weighted by molar-refractivity contribution is 7.92. The van der Waals surface area contributed by atoms with E-state index in [0.717, 1.165) is 16.8 Å². The summed E-state index contributed by atoms with van der Waals surface area (Å²) in [5, 5.41) is -0.507. The van der Waals surface area contributed by atoms with E-state index in [1.807, 2.05) is 6.07 Å². The highest BCUT2D eigenvalue weighted by atomic mass is 32.2. The van der Waals surface area contributed by atoms with Gasteiger partial charge in [0.05, 0.1) is 30.0 Å². The number of sulfone groups is 1. The quantitative estimate of drug-likeness (QED) is 0.828. The number of rotatable bonds is 4. The Labute approximate surface area is 158 Å². The zero-order valence-corrected chi connectivity index (χ0v) is 15.7. The van der Waals surface area contributed by atoms with Crippen LogP contribution in [0.1, 0.15) is 6.42 Å². The second-order valence-electron chi connectivity index (χ2n) is 6.68. The summed E-state index contributed by atoms with van der Waals surface area (Å²) in [7, 11) is -3.49. The van der Waals surface area contributed by atoms with E-state index in [9.17, 15) is 8.42 Å². The molecular weight excluding hydrogens is 368 g/mol. The molecule has 2 aliphatic heterocycles. The average molecular weight is 390 g/mol. The van der Waals surface area contributed by atoms with Crippen molar-refractivity contribution >= 4 is 21.5 Å². The van der Waals surface area contributed by atoms with Gasteiger partial charge in [-0.2, -0.15) is 0 Å². The fourth-order valence-corrected chi connectivity index (χ4v) is 5.00. The summed E-state index contributed by atoms with van der Waals surface area (Å²) in [6.45, 7) is 3.39.